The van der Waals surface area contributed by atoms with Crippen molar-refractivity contribution in [1.29, 1.82) is 0 Å². The summed E-state index contributed by atoms with van der Waals surface area (Å²) in [6.07, 6.45) is 2.50. The molecular weight excluding hydrogens is 296 g/mol. The standard InChI is InChI=1S/C13H18N2O3S2/c1-9-4-6-14(7-5-9)12(18)8-20-13(19)15-10(16)2-3-11(15)17/h9H,2-8H2,1H3. The fourth-order valence-electron chi connectivity index (χ4n) is 2.32. The minimum absolute atomic E-state index is 0.0309. The van der Waals surface area contributed by atoms with E-state index in [2.05, 4.69) is 6.92 Å². The van der Waals surface area contributed by atoms with Crippen LogP contribution in [0.4, 0.5) is 0 Å². The van der Waals surface area contributed by atoms with Crippen molar-refractivity contribution < 1.29 is 14.4 Å². The van der Waals surface area contributed by atoms with Gasteiger partial charge in [0.05, 0.1) is 5.75 Å². The predicted molar refractivity (Wildman–Crippen MR) is 81.1 cm³/mol. The largest absolute Gasteiger partial charge is 0.342 e. The summed E-state index contributed by atoms with van der Waals surface area (Å²) in [4.78, 5) is 37.9. The maximum absolute atomic E-state index is 12.0. The van der Waals surface area contributed by atoms with Gasteiger partial charge in [-0.15, -0.1) is 0 Å². The molecule has 7 heteroatoms. The van der Waals surface area contributed by atoms with Gasteiger partial charge in [0.15, 0.2) is 0 Å². The number of amides is 3. The molecule has 2 saturated heterocycles. The quantitative estimate of drug-likeness (QED) is 0.570. The average molecular weight is 314 g/mol. The third-order valence-electron chi connectivity index (χ3n) is 3.69. The van der Waals surface area contributed by atoms with Gasteiger partial charge in [-0.25, -0.2) is 4.90 Å². The number of thioether (sulfide) groups is 1. The van der Waals surface area contributed by atoms with Gasteiger partial charge in [-0.2, -0.15) is 0 Å². The van der Waals surface area contributed by atoms with Crippen molar-refractivity contribution in [3.05, 3.63) is 0 Å². The predicted octanol–water partition coefficient (Wildman–Crippen LogP) is 1.41. The second-order valence-electron chi connectivity index (χ2n) is 5.24. The topological polar surface area (TPSA) is 57.7 Å². The van der Waals surface area contributed by atoms with Gasteiger partial charge in [0.25, 0.3) is 0 Å². The highest BCUT2D eigenvalue weighted by molar-refractivity contribution is 8.23. The molecule has 0 atom stereocenters. The van der Waals surface area contributed by atoms with Gasteiger partial charge in [0, 0.05) is 25.9 Å². The van der Waals surface area contributed by atoms with Crippen LogP contribution in [0.2, 0.25) is 0 Å². The van der Waals surface area contributed by atoms with E-state index in [0.29, 0.717) is 5.92 Å². The van der Waals surface area contributed by atoms with Crippen molar-refractivity contribution in [2.45, 2.75) is 32.6 Å². The summed E-state index contributed by atoms with van der Waals surface area (Å²) in [6, 6.07) is 0. The van der Waals surface area contributed by atoms with Crippen LogP contribution in [0.15, 0.2) is 0 Å². The van der Waals surface area contributed by atoms with E-state index in [9.17, 15) is 14.4 Å². The Morgan fingerprint density at radius 3 is 2.35 bits per heavy atom. The van der Waals surface area contributed by atoms with Crippen molar-refractivity contribution in [2.75, 3.05) is 18.8 Å². The molecular formula is C13H18N2O3S2. The lowest BCUT2D eigenvalue weighted by Crippen LogP contribution is -2.40. The van der Waals surface area contributed by atoms with Crippen molar-refractivity contribution in [2.24, 2.45) is 5.92 Å². The molecule has 0 saturated carbocycles. The monoisotopic (exact) mass is 314 g/mol. The normalized spacial score (nSPS) is 20.6. The van der Waals surface area contributed by atoms with Crippen LogP contribution in [0, 0.1) is 5.92 Å². The minimum atomic E-state index is -0.258. The Morgan fingerprint density at radius 1 is 1.25 bits per heavy atom. The molecule has 20 heavy (non-hydrogen) atoms. The molecule has 0 aromatic rings. The molecule has 0 radical (unpaired) electrons. The third-order valence-corrected chi connectivity index (χ3v) is 5.05. The van der Waals surface area contributed by atoms with Gasteiger partial charge in [0.2, 0.25) is 17.7 Å². The molecule has 2 heterocycles. The highest BCUT2D eigenvalue weighted by Gasteiger charge is 2.32. The van der Waals surface area contributed by atoms with Gasteiger partial charge in [0.1, 0.15) is 4.32 Å². The minimum Gasteiger partial charge on any atom is -0.342 e. The van der Waals surface area contributed by atoms with Crippen LogP contribution in [-0.2, 0) is 14.4 Å². The zero-order valence-corrected chi connectivity index (χ0v) is 13.1. The number of hydrogen-bond donors (Lipinski definition) is 0. The SMILES string of the molecule is CC1CCN(C(=O)CSC(=S)N2C(=O)CCC2=O)CC1. The van der Waals surface area contributed by atoms with E-state index in [4.69, 9.17) is 12.2 Å². The molecule has 0 aromatic carbocycles. The van der Waals surface area contributed by atoms with E-state index in [-0.39, 0.29) is 40.6 Å². The molecule has 0 unspecified atom stereocenters. The highest BCUT2D eigenvalue weighted by Crippen LogP contribution is 2.21. The Balaban J connectivity index is 1.80. The number of nitrogens with zero attached hydrogens (tertiary/aromatic N) is 2. The molecule has 5 nitrogen and oxygen atoms in total. The Labute approximate surface area is 128 Å². The summed E-state index contributed by atoms with van der Waals surface area (Å²) in [5, 5.41) is 0. The van der Waals surface area contributed by atoms with Crippen molar-refractivity contribution in [1.82, 2.24) is 9.80 Å². The first-order chi connectivity index (χ1) is 9.49. The second-order valence-corrected chi connectivity index (χ2v) is 6.85. The average Bonchev–Trinajstić information content (AvgIpc) is 2.76. The van der Waals surface area contributed by atoms with Gasteiger partial charge in [-0.3, -0.25) is 14.4 Å². The van der Waals surface area contributed by atoms with Crippen molar-refractivity contribution >= 4 is 46.0 Å². The van der Waals surface area contributed by atoms with E-state index in [0.717, 1.165) is 42.6 Å². The van der Waals surface area contributed by atoms with E-state index in [1.54, 1.807) is 0 Å². The molecule has 0 aromatic heterocycles. The van der Waals surface area contributed by atoms with E-state index >= 15 is 0 Å². The number of imide groups is 1. The maximum Gasteiger partial charge on any atom is 0.235 e. The number of likely N-dealkylation sites (tertiary alicyclic amines) is 2. The molecule has 0 bridgehead atoms. The summed E-state index contributed by atoms with van der Waals surface area (Å²) < 4.78 is 0.205. The van der Waals surface area contributed by atoms with Gasteiger partial charge < -0.3 is 4.90 Å². The Kier molecular flexibility index (Phi) is 5.15. The fraction of sp³-hybridized carbons (Fsp3) is 0.692. The Bertz CT molecular complexity index is 429. The first kappa shape index (κ1) is 15.4. The number of carbonyl (C=O) groups excluding carboxylic acids is 3. The lowest BCUT2D eigenvalue weighted by Gasteiger charge is -2.30. The van der Waals surface area contributed by atoms with E-state index in [1.807, 2.05) is 4.90 Å². The number of piperidine rings is 1. The molecule has 2 rings (SSSR count). The second kappa shape index (κ2) is 6.67. The molecule has 0 aliphatic carbocycles. The summed E-state index contributed by atoms with van der Waals surface area (Å²) in [7, 11) is 0. The summed E-state index contributed by atoms with van der Waals surface area (Å²) >= 11 is 6.19. The zero-order chi connectivity index (χ0) is 14.7. The first-order valence-corrected chi connectivity index (χ1v) is 8.18. The molecule has 2 aliphatic heterocycles. The highest BCUT2D eigenvalue weighted by atomic mass is 32.2. The summed E-state index contributed by atoms with van der Waals surface area (Å²) in [5.74, 6) is 0.388. The fourth-order valence-corrected chi connectivity index (χ4v) is 3.46. The first-order valence-electron chi connectivity index (χ1n) is 6.79. The van der Waals surface area contributed by atoms with Crippen LogP contribution in [0.5, 0.6) is 0 Å². The van der Waals surface area contributed by atoms with Crippen molar-refractivity contribution in [3.63, 3.8) is 0 Å². The molecule has 2 aliphatic rings. The Morgan fingerprint density at radius 2 is 1.80 bits per heavy atom. The number of carbonyl (C=O) groups is 3. The van der Waals surface area contributed by atoms with Crippen molar-refractivity contribution in [3.8, 4) is 0 Å². The van der Waals surface area contributed by atoms with Gasteiger partial charge in [-0.05, 0) is 18.8 Å². The lowest BCUT2D eigenvalue weighted by molar-refractivity contribution is -0.133. The third kappa shape index (κ3) is 3.58. The van der Waals surface area contributed by atoms with Crippen LogP contribution < -0.4 is 0 Å². The summed E-state index contributed by atoms with van der Waals surface area (Å²) in [5.41, 5.74) is 0. The molecule has 2 fully saturated rings. The molecule has 110 valence electrons. The van der Waals surface area contributed by atoms with Crippen LogP contribution >= 0.6 is 24.0 Å². The van der Waals surface area contributed by atoms with Crippen LogP contribution in [0.3, 0.4) is 0 Å². The maximum atomic E-state index is 12.0. The Hall–Kier alpha value is -0.950. The van der Waals surface area contributed by atoms with E-state index < -0.39 is 0 Å². The van der Waals surface area contributed by atoms with Gasteiger partial charge in [-0.1, -0.05) is 30.9 Å². The summed E-state index contributed by atoms with van der Waals surface area (Å²) in [6.45, 7) is 3.76. The lowest BCUT2D eigenvalue weighted by atomic mass is 9.99. The number of thiocarbonyl (C=S) groups is 1. The van der Waals surface area contributed by atoms with Crippen LogP contribution in [-0.4, -0.2) is 50.7 Å². The smallest absolute Gasteiger partial charge is 0.235 e. The molecule has 0 N–H and O–H groups in total. The number of hydrogen-bond acceptors (Lipinski definition) is 5. The molecule has 3 amide bonds. The van der Waals surface area contributed by atoms with Crippen LogP contribution in [0.1, 0.15) is 32.6 Å². The molecule has 0 spiro atoms. The zero-order valence-electron chi connectivity index (χ0n) is 11.5. The van der Waals surface area contributed by atoms with Crippen LogP contribution in [0.25, 0.3) is 0 Å². The van der Waals surface area contributed by atoms with E-state index in [1.165, 1.54) is 0 Å². The number of rotatable bonds is 2. The van der Waals surface area contributed by atoms with Gasteiger partial charge >= 0.3 is 0 Å².